The molecule has 7 nitrogen and oxygen atoms in total. The van der Waals surface area contributed by atoms with E-state index in [9.17, 15) is 13.2 Å². The molecule has 1 N–H and O–H groups in total. The maximum atomic E-state index is 13.4. The zero-order valence-electron chi connectivity index (χ0n) is 19.7. The van der Waals surface area contributed by atoms with Crippen molar-refractivity contribution < 1.29 is 22.7 Å². The van der Waals surface area contributed by atoms with Gasteiger partial charge >= 0.3 is 0 Å². The Morgan fingerprint density at radius 2 is 1.74 bits per heavy atom. The van der Waals surface area contributed by atoms with Crippen LogP contribution in [0.1, 0.15) is 18.9 Å². The molecule has 0 saturated carbocycles. The molecule has 0 unspecified atom stereocenters. The lowest BCUT2D eigenvalue weighted by Crippen LogP contribution is -2.41. The summed E-state index contributed by atoms with van der Waals surface area (Å²) in [7, 11) is -2.53. The van der Waals surface area contributed by atoms with Crippen molar-refractivity contribution in [2.24, 2.45) is 0 Å². The highest BCUT2D eigenvalue weighted by atomic mass is 35.5. The SMILES string of the molecule is CCOc1ccc(CCCNC(=O)CN(c2ccc(OC)c(Cl)c2)S(=O)(=O)c2ccccc2)cc1. The highest BCUT2D eigenvalue weighted by Gasteiger charge is 2.27. The maximum Gasteiger partial charge on any atom is 0.264 e. The Morgan fingerprint density at radius 3 is 2.37 bits per heavy atom. The van der Waals surface area contributed by atoms with Gasteiger partial charge < -0.3 is 14.8 Å². The molecule has 9 heteroatoms. The number of amides is 1. The van der Waals surface area contributed by atoms with Gasteiger partial charge in [0.15, 0.2) is 0 Å². The van der Waals surface area contributed by atoms with Crippen LogP contribution in [0.3, 0.4) is 0 Å². The molecule has 186 valence electrons. The zero-order chi connectivity index (χ0) is 25.3. The molecule has 0 spiro atoms. The number of carbonyl (C=O) groups excluding carboxylic acids is 1. The lowest BCUT2D eigenvalue weighted by atomic mass is 10.1. The zero-order valence-corrected chi connectivity index (χ0v) is 21.3. The van der Waals surface area contributed by atoms with Crippen LogP contribution in [0.2, 0.25) is 5.02 Å². The molecule has 3 rings (SSSR count). The number of halogens is 1. The minimum atomic E-state index is -4.01. The van der Waals surface area contributed by atoms with Crippen molar-refractivity contribution in [2.75, 3.05) is 31.1 Å². The number of aryl methyl sites for hydroxylation is 1. The number of nitrogens with one attached hydrogen (secondary N) is 1. The fraction of sp³-hybridized carbons (Fsp3) is 0.269. The van der Waals surface area contributed by atoms with E-state index in [2.05, 4.69) is 5.32 Å². The average molecular weight is 517 g/mol. The van der Waals surface area contributed by atoms with Gasteiger partial charge in [-0.25, -0.2) is 8.42 Å². The van der Waals surface area contributed by atoms with Crippen molar-refractivity contribution in [2.45, 2.75) is 24.7 Å². The second-order valence-electron chi connectivity index (χ2n) is 7.67. The Morgan fingerprint density at radius 1 is 1.03 bits per heavy atom. The van der Waals surface area contributed by atoms with E-state index in [1.54, 1.807) is 30.3 Å². The van der Waals surface area contributed by atoms with E-state index in [4.69, 9.17) is 21.1 Å². The van der Waals surface area contributed by atoms with E-state index in [0.717, 1.165) is 22.0 Å². The summed E-state index contributed by atoms with van der Waals surface area (Å²) in [5.74, 6) is 0.817. The summed E-state index contributed by atoms with van der Waals surface area (Å²) in [6, 6.07) is 20.4. The number of rotatable bonds is 12. The first-order valence-corrected chi connectivity index (χ1v) is 13.1. The number of nitrogens with zero attached hydrogens (tertiary/aromatic N) is 1. The Balaban J connectivity index is 1.68. The van der Waals surface area contributed by atoms with Gasteiger partial charge in [0.2, 0.25) is 5.91 Å². The first kappa shape index (κ1) is 26.4. The second kappa shape index (κ2) is 12.5. The molecular formula is C26H29ClN2O5S. The van der Waals surface area contributed by atoms with Crippen molar-refractivity contribution in [3.63, 3.8) is 0 Å². The number of carbonyl (C=O) groups is 1. The lowest BCUT2D eigenvalue weighted by Gasteiger charge is -2.24. The van der Waals surface area contributed by atoms with Crippen LogP contribution in [0.5, 0.6) is 11.5 Å². The fourth-order valence-electron chi connectivity index (χ4n) is 3.47. The van der Waals surface area contributed by atoms with Gasteiger partial charge in [0.25, 0.3) is 10.0 Å². The summed E-state index contributed by atoms with van der Waals surface area (Å²) in [4.78, 5) is 12.8. The van der Waals surface area contributed by atoms with Crippen molar-refractivity contribution in [3.8, 4) is 11.5 Å². The number of sulfonamides is 1. The molecule has 0 bridgehead atoms. The second-order valence-corrected chi connectivity index (χ2v) is 9.94. The third-order valence-corrected chi connectivity index (χ3v) is 7.32. The molecular weight excluding hydrogens is 488 g/mol. The molecule has 0 aromatic heterocycles. The first-order chi connectivity index (χ1) is 16.8. The molecule has 35 heavy (non-hydrogen) atoms. The summed E-state index contributed by atoms with van der Waals surface area (Å²) in [6.07, 6.45) is 1.48. The van der Waals surface area contributed by atoms with Gasteiger partial charge in [0.1, 0.15) is 18.0 Å². The van der Waals surface area contributed by atoms with Crippen LogP contribution >= 0.6 is 11.6 Å². The highest BCUT2D eigenvalue weighted by Crippen LogP contribution is 2.31. The van der Waals surface area contributed by atoms with E-state index >= 15 is 0 Å². The largest absolute Gasteiger partial charge is 0.495 e. The van der Waals surface area contributed by atoms with Crippen LogP contribution in [-0.2, 0) is 21.2 Å². The quantitative estimate of drug-likeness (QED) is 0.353. The van der Waals surface area contributed by atoms with E-state index < -0.39 is 15.9 Å². The maximum absolute atomic E-state index is 13.4. The van der Waals surface area contributed by atoms with Crippen LogP contribution in [0.25, 0.3) is 0 Å². The summed E-state index contributed by atoms with van der Waals surface area (Å²) in [5, 5.41) is 3.06. The van der Waals surface area contributed by atoms with Crippen LogP contribution in [0, 0.1) is 0 Å². The molecule has 0 saturated heterocycles. The number of methoxy groups -OCH3 is 1. The number of hydrogen-bond acceptors (Lipinski definition) is 5. The molecule has 0 aliphatic carbocycles. The van der Waals surface area contributed by atoms with Gasteiger partial charge in [-0.15, -0.1) is 0 Å². The minimum absolute atomic E-state index is 0.0789. The van der Waals surface area contributed by atoms with Crippen LogP contribution in [-0.4, -0.2) is 41.1 Å². The summed E-state index contributed by atoms with van der Waals surface area (Å²) in [6.45, 7) is 2.58. The average Bonchev–Trinajstić information content (AvgIpc) is 2.86. The van der Waals surface area contributed by atoms with E-state index in [-0.39, 0.29) is 22.2 Å². The van der Waals surface area contributed by atoms with Crippen molar-refractivity contribution in [1.82, 2.24) is 5.32 Å². The summed E-state index contributed by atoms with van der Waals surface area (Å²) >= 11 is 6.24. The van der Waals surface area contributed by atoms with Gasteiger partial charge in [-0.1, -0.05) is 41.9 Å². The van der Waals surface area contributed by atoms with Crippen LogP contribution in [0.15, 0.2) is 77.7 Å². The predicted molar refractivity (Wildman–Crippen MR) is 138 cm³/mol. The monoisotopic (exact) mass is 516 g/mol. The van der Waals surface area contributed by atoms with Crippen LogP contribution in [0.4, 0.5) is 5.69 Å². The molecule has 0 radical (unpaired) electrons. The first-order valence-electron chi connectivity index (χ1n) is 11.2. The fourth-order valence-corrected chi connectivity index (χ4v) is 5.16. The van der Waals surface area contributed by atoms with Gasteiger partial charge in [0, 0.05) is 6.54 Å². The number of hydrogen-bond donors (Lipinski definition) is 1. The Hall–Kier alpha value is -3.23. The highest BCUT2D eigenvalue weighted by molar-refractivity contribution is 7.92. The minimum Gasteiger partial charge on any atom is -0.495 e. The Labute approximate surface area is 211 Å². The number of ether oxygens (including phenoxy) is 2. The molecule has 3 aromatic carbocycles. The molecule has 0 atom stereocenters. The summed E-state index contributed by atoms with van der Waals surface area (Å²) < 4.78 is 38.4. The summed E-state index contributed by atoms with van der Waals surface area (Å²) in [5.41, 5.74) is 1.40. The van der Waals surface area contributed by atoms with Crippen molar-refractivity contribution in [3.05, 3.63) is 83.4 Å². The molecule has 3 aromatic rings. The van der Waals surface area contributed by atoms with E-state index in [1.165, 1.54) is 25.3 Å². The molecule has 0 fully saturated rings. The third-order valence-electron chi connectivity index (χ3n) is 5.24. The van der Waals surface area contributed by atoms with Gasteiger partial charge in [0.05, 0.1) is 29.3 Å². The standard InChI is InChI=1S/C26H29ClN2O5S/c1-3-34-22-14-11-20(12-15-22)8-7-17-28-26(30)19-29(21-13-16-25(33-2)24(27)18-21)35(31,32)23-9-5-4-6-10-23/h4-6,9-16,18H,3,7-8,17,19H2,1-2H3,(H,28,30). The smallest absolute Gasteiger partial charge is 0.264 e. The molecule has 0 aliphatic rings. The topological polar surface area (TPSA) is 84.9 Å². The van der Waals surface area contributed by atoms with Crippen molar-refractivity contribution >= 4 is 33.2 Å². The van der Waals surface area contributed by atoms with Gasteiger partial charge in [-0.2, -0.15) is 0 Å². The van der Waals surface area contributed by atoms with E-state index in [0.29, 0.717) is 25.3 Å². The van der Waals surface area contributed by atoms with Gasteiger partial charge in [-0.3, -0.25) is 9.10 Å². The molecule has 1 amide bonds. The van der Waals surface area contributed by atoms with E-state index in [1.807, 2.05) is 31.2 Å². The Kier molecular flexibility index (Phi) is 9.39. The lowest BCUT2D eigenvalue weighted by molar-refractivity contribution is -0.119. The predicted octanol–water partition coefficient (Wildman–Crippen LogP) is 4.69. The number of anilines is 1. The Bertz CT molecular complexity index is 1220. The number of benzene rings is 3. The normalized spacial score (nSPS) is 11.1. The molecule has 0 heterocycles. The van der Waals surface area contributed by atoms with Gasteiger partial charge in [-0.05, 0) is 67.8 Å². The molecule has 0 aliphatic heterocycles. The third kappa shape index (κ3) is 7.13. The van der Waals surface area contributed by atoms with Crippen LogP contribution < -0.4 is 19.1 Å². The van der Waals surface area contributed by atoms with Crippen molar-refractivity contribution in [1.29, 1.82) is 0 Å².